The summed E-state index contributed by atoms with van der Waals surface area (Å²) in [6.07, 6.45) is 3.29. The Bertz CT molecular complexity index is 482. The fourth-order valence-corrected chi connectivity index (χ4v) is 3.78. The summed E-state index contributed by atoms with van der Waals surface area (Å²) < 4.78 is 26.3. The molecule has 0 saturated carbocycles. The highest BCUT2D eigenvalue weighted by Gasteiger charge is 2.31. The molecular formula is C10H18N4O2S. The number of nitrogens with zero attached hydrogens (tertiary/aromatic N) is 2. The first-order valence-electron chi connectivity index (χ1n) is 5.73. The molecule has 7 heteroatoms. The van der Waals surface area contributed by atoms with E-state index in [4.69, 9.17) is 0 Å². The highest BCUT2D eigenvalue weighted by molar-refractivity contribution is 7.89. The lowest BCUT2D eigenvalue weighted by Gasteiger charge is -2.31. The molecule has 17 heavy (non-hydrogen) atoms. The number of likely N-dealkylation sites (N-methyl/N-ethyl adjacent to an activating group) is 1. The van der Waals surface area contributed by atoms with Gasteiger partial charge < -0.3 is 5.32 Å². The van der Waals surface area contributed by atoms with E-state index in [2.05, 4.69) is 15.5 Å². The molecule has 1 aliphatic heterocycles. The van der Waals surface area contributed by atoms with Gasteiger partial charge in [0.05, 0.1) is 11.9 Å². The third kappa shape index (κ3) is 2.36. The van der Waals surface area contributed by atoms with Gasteiger partial charge in [-0.3, -0.25) is 5.10 Å². The van der Waals surface area contributed by atoms with Gasteiger partial charge in [0, 0.05) is 19.1 Å². The summed E-state index contributed by atoms with van der Waals surface area (Å²) >= 11 is 0. The summed E-state index contributed by atoms with van der Waals surface area (Å²) in [6, 6.07) is 0.241. The lowest BCUT2D eigenvalue weighted by Crippen LogP contribution is -2.46. The SMILES string of the molecule is CNC1CCCN(S(=O)(=O)c2cn[nH]c2C)C1. The van der Waals surface area contributed by atoms with E-state index < -0.39 is 10.0 Å². The summed E-state index contributed by atoms with van der Waals surface area (Å²) in [5.41, 5.74) is 0.594. The molecule has 0 amide bonds. The van der Waals surface area contributed by atoms with Gasteiger partial charge in [-0.05, 0) is 26.8 Å². The van der Waals surface area contributed by atoms with E-state index in [9.17, 15) is 8.42 Å². The van der Waals surface area contributed by atoms with Crippen molar-refractivity contribution in [2.24, 2.45) is 0 Å². The maximum atomic E-state index is 12.4. The Kier molecular flexibility index (Phi) is 3.50. The average Bonchev–Trinajstić information content (AvgIpc) is 2.76. The van der Waals surface area contributed by atoms with Gasteiger partial charge in [-0.15, -0.1) is 0 Å². The Morgan fingerprint density at radius 1 is 1.59 bits per heavy atom. The summed E-state index contributed by atoms with van der Waals surface area (Å²) in [5.74, 6) is 0. The van der Waals surface area contributed by atoms with Crippen molar-refractivity contribution in [2.75, 3.05) is 20.1 Å². The Labute approximate surface area is 101 Å². The molecule has 1 aliphatic rings. The lowest BCUT2D eigenvalue weighted by atomic mass is 10.1. The molecule has 2 N–H and O–H groups in total. The number of piperidine rings is 1. The molecule has 1 unspecified atom stereocenters. The Balaban J connectivity index is 2.24. The zero-order valence-electron chi connectivity index (χ0n) is 10.1. The van der Waals surface area contributed by atoms with Gasteiger partial charge in [0.25, 0.3) is 0 Å². The van der Waals surface area contributed by atoms with E-state index in [1.807, 2.05) is 7.05 Å². The van der Waals surface area contributed by atoms with Gasteiger partial charge in [-0.25, -0.2) is 8.42 Å². The van der Waals surface area contributed by atoms with Crippen molar-refractivity contribution in [2.45, 2.75) is 30.7 Å². The number of aromatic amines is 1. The van der Waals surface area contributed by atoms with Crippen LogP contribution in [0.15, 0.2) is 11.1 Å². The highest BCUT2D eigenvalue weighted by Crippen LogP contribution is 2.21. The number of hydrogen-bond donors (Lipinski definition) is 2. The van der Waals surface area contributed by atoms with E-state index in [-0.39, 0.29) is 10.9 Å². The molecule has 1 aromatic heterocycles. The third-order valence-electron chi connectivity index (χ3n) is 3.19. The number of aryl methyl sites for hydroxylation is 1. The molecule has 1 fully saturated rings. The monoisotopic (exact) mass is 258 g/mol. The Morgan fingerprint density at radius 3 is 2.94 bits per heavy atom. The smallest absolute Gasteiger partial charge is 0.246 e. The van der Waals surface area contributed by atoms with Crippen LogP contribution in [0.5, 0.6) is 0 Å². The first-order chi connectivity index (χ1) is 8.05. The summed E-state index contributed by atoms with van der Waals surface area (Å²) in [7, 11) is -1.53. The molecule has 6 nitrogen and oxygen atoms in total. The minimum atomic E-state index is -3.39. The topological polar surface area (TPSA) is 78.1 Å². The van der Waals surface area contributed by atoms with Crippen molar-refractivity contribution in [1.29, 1.82) is 0 Å². The van der Waals surface area contributed by atoms with Gasteiger partial charge in [0.1, 0.15) is 4.90 Å². The number of aromatic nitrogens is 2. The number of nitrogens with one attached hydrogen (secondary N) is 2. The van der Waals surface area contributed by atoms with Crippen molar-refractivity contribution in [3.63, 3.8) is 0 Å². The van der Waals surface area contributed by atoms with Gasteiger partial charge >= 0.3 is 0 Å². The fourth-order valence-electron chi connectivity index (χ4n) is 2.14. The van der Waals surface area contributed by atoms with E-state index in [0.717, 1.165) is 12.8 Å². The molecule has 1 atom stereocenters. The van der Waals surface area contributed by atoms with Gasteiger partial charge in [0.15, 0.2) is 0 Å². The predicted molar refractivity (Wildman–Crippen MR) is 64.2 cm³/mol. The van der Waals surface area contributed by atoms with Crippen molar-refractivity contribution >= 4 is 10.0 Å². The normalized spacial score (nSPS) is 22.8. The molecule has 1 aromatic rings. The average molecular weight is 258 g/mol. The van der Waals surface area contributed by atoms with Crippen LogP contribution in [0.4, 0.5) is 0 Å². The summed E-state index contributed by atoms with van der Waals surface area (Å²) in [5, 5.41) is 9.58. The van der Waals surface area contributed by atoms with Gasteiger partial charge in [-0.1, -0.05) is 0 Å². The molecule has 1 saturated heterocycles. The van der Waals surface area contributed by atoms with E-state index in [1.54, 1.807) is 6.92 Å². The van der Waals surface area contributed by atoms with Crippen LogP contribution in [0.25, 0.3) is 0 Å². The molecule has 96 valence electrons. The minimum Gasteiger partial charge on any atom is -0.316 e. The van der Waals surface area contributed by atoms with Crippen LogP contribution in [-0.2, 0) is 10.0 Å². The molecular weight excluding hydrogens is 240 g/mol. The maximum absolute atomic E-state index is 12.4. The highest BCUT2D eigenvalue weighted by atomic mass is 32.2. The zero-order valence-corrected chi connectivity index (χ0v) is 10.9. The van der Waals surface area contributed by atoms with Crippen LogP contribution >= 0.6 is 0 Å². The first kappa shape index (κ1) is 12.5. The number of H-pyrrole nitrogens is 1. The standard InChI is InChI=1S/C10H18N4O2S/c1-8-10(6-12-13-8)17(15,16)14-5-3-4-9(7-14)11-2/h6,9,11H,3-5,7H2,1-2H3,(H,12,13). The number of hydrogen-bond acceptors (Lipinski definition) is 4. The van der Waals surface area contributed by atoms with E-state index in [0.29, 0.717) is 18.8 Å². The van der Waals surface area contributed by atoms with Crippen molar-refractivity contribution in [1.82, 2.24) is 19.8 Å². The van der Waals surface area contributed by atoms with E-state index in [1.165, 1.54) is 10.5 Å². The quantitative estimate of drug-likeness (QED) is 0.805. The van der Waals surface area contributed by atoms with Gasteiger partial charge in [-0.2, -0.15) is 9.40 Å². The summed E-state index contributed by atoms with van der Waals surface area (Å²) in [4.78, 5) is 0.286. The molecule has 2 rings (SSSR count). The van der Waals surface area contributed by atoms with Crippen LogP contribution in [0.3, 0.4) is 0 Å². The zero-order chi connectivity index (χ0) is 12.5. The van der Waals surface area contributed by atoms with Crippen molar-refractivity contribution in [3.05, 3.63) is 11.9 Å². The van der Waals surface area contributed by atoms with Crippen molar-refractivity contribution < 1.29 is 8.42 Å². The summed E-state index contributed by atoms with van der Waals surface area (Å²) in [6.45, 7) is 2.84. The van der Waals surface area contributed by atoms with Crippen LogP contribution in [-0.4, -0.2) is 49.1 Å². The predicted octanol–water partition coefficient (Wildman–Crippen LogP) is 0.0906. The maximum Gasteiger partial charge on any atom is 0.246 e. The molecule has 0 aromatic carbocycles. The molecule has 0 bridgehead atoms. The Morgan fingerprint density at radius 2 is 2.35 bits per heavy atom. The second kappa shape index (κ2) is 4.75. The molecule has 2 heterocycles. The largest absolute Gasteiger partial charge is 0.316 e. The second-order valence-electron chi connectivity index (χ2n) is 4.35. The molecule has 0 spiro atoms. The van der Waals surface area contributed by atoms with Gasteiger partial charge in [0.2, 0.25) is 10.0 Å². The Hall–Kier alpha value is -0.920. The lowest BCUT2D eigenvalue weighted by molar-refractivity contribution is 0.293. The number of sulfonamides is 1. The van der Waals surface area contributed by atoms with Crippen molar-refractivity contribution in [3.8, 4) is 0 Å². The number of rotatable bonds is 3. The van der Waals surface area contributed by atoms with Crippen LogP contribution in [0.1, 0.15) is 18.5 Å². The first-order valence-corrected chi connectivity index (χ1v) is 7.17. The molecule has 0 aliphatic carbocycles. The van der Waals surface area contributed by atoms with Crippen LogP contribution in [0.2, 0.25) is 0 Å². The van der Waals surface area contributed by atoms with Crippen LogP contribution < -0.4 is 5.32 Å². The third-order valence-corrected chi connectivity index (χ3v) is 5.17. The second-order valence-corrected chi connectivity index (χ2v) is 6.26. The van der Waals surface area contributed by atoms with Crippen LogP contribution in [0, 0.1) is 6.92 Å². The minimum absolute atomic E-state index is 0.241. The van der Waals surface area contributed by atoms with E-state index >= 15 is 0 Å². The fraction of sp³-hybridized carbons (Fsp3) is 0.700. The molecule has 0 radical (unpaired) electrons.